The van der Waals surface area contributed by atoms with Gasteiger partial charge in [0.2, 0.25) is 5.91 Å². The van der Waals surface area contributed by atoms with E-state index in [4.69, 9.17) is 16.3 Å². The topological polar surface area (TPSA) is 38.3 Å². The SMILES string of the molecule is COC1(CC(=O)NCCCl)CCC1. The molecule has 1 rings (SSSR count). The minimum Gasteiger partial charge on any atom is -0.378 e. The number of amides is 1. The summed E-state index contributed by atoms with van der Waals surface area (Å²) in [6.45, 7) is 0.542. The molecule has 0 heterocycles. The van der Waals surface area contributed by atoms with Crippen LogP contribution in [0.4, 0.5) is 0 Å². The van der Waals surface area contributed by atoms with Crippen molar-refractivity contribution in [3.05, 3.63) is 0 Å². The first-order valence-corrected chi connectivity index (χ1v) is 5.14. The van der Waals surface area contributed by atoms with Gasteiger partial charge in [0.05, 0.1) is 12.0 Å². The van der Waals surface area contributed by atoms with Crippen molar-refractivity contribution in [2.75, 3.05) is 19.5 Å². The number of alkyl halides is 1. The fourth-order valence-corrected chi connectivity index (χ4v) is 1.66. The lowest BCUT2D eigenvalue weighted by Crippen LogP contribution is -2.44. The number of methoxy groups -OCH3 is 1. The Hall–Kier alpha value is -0.280. The van der Waals surface area contributed by atoms with Crippen molar-refractivity contribution in [1.29, 1.82) is 0 Å². The first kappa shape index (κ1) is 10.8. The Kier molecular flexibility index (Phi) is 4.00. The highest BCUT2D eigenvalue weighted by molar-refractivity contribution is 6.18. The molecule has 1 amide bonds. The van der Waals surface area contributed by atoms with Crippen molar-refractivity contribution < 1.29 is 9.53 Å². The molecule has 1 saturated carbocycles. The van der Waals surface area contributed by atoms with E-state index in [1.54, 1.807) is 7.11 Å². The second kappa shape index (κ2) is 4.82. The smallest absolute Gasteiger partial charge is 0.222 e. The zero-order valence-corrected chi connectivity index (χ0v) is 8.69. The van der Waals surface area contributed by atoms with Crippen molar-refractivity contribution in [3.8, 4) is 0 Å². The predicted octanol–water partition coefficient (Wildman–Crippen LogP) is 1.30. The van der Waals surface area contributed by atoms with Crippen LogP contribution >= 0.6 is 11.6 Å². The summed E-state index contributed by atoms with van der Waals surface area (Å²) in [7, 11) is 1.67. The summed E-state index contributed by atoms with van der Waals surface area (Å²) in [6.07, 6.45) is 3.63. The summed E-state index contributed by atoms with van der Waals surface area (Å²) in [5.74, 6) is 0.508. The van der Waals surface area contributed by atoms with Crippen molar-refractivity contribution >= 4 is 17.5 Å². The average Bonchev–Trinajstić information content (AvgIpc) is 2.08. The van der Waals surface area contributed by atoms with E-state index in [-0.39, 0.29) is 11.5 Å². The number of ether oxygens (including phenoxy) is 1. The van der Waals surface area contributed by atoms with E-state index < -0.39 is 0 Å². The van der Waals surface area contributed by atoms with Gasteiger partial charge in [0.15, 0.2) is 0 Å². The minimum absolute atomic E-state index is 0.0437. The van der Waals surface area contributed by atoms with Crippen LogP contribution in [0.25, 0.3) is 0 Å². The molecule has 0 aromatic heterocycles. The maximum atomic E-state index is 11.3. The maximum absolute atomic E-state index is 11.3. The van der Waals surface area contributed by atoms with Crippen LogP contribution in [0.1, 0.15) is 25.7 Å². The standard InChI is InChI=1S/C9H16ClNO2/c1-13-9(3-2-4-9)7-8(12)11-6-5-10/h2-7H2,1H3,(H,11,12). The average molecular weight is 206 g/mol. The van der Waals surface area contributed by atoms with Gasteiger partial charge >= 0.3 is 0 Å². The van der Waals surface area contributed by atoms with Crippen molar-refractivity contribution in [2.45, 2.75) is 31.3 Å². The van der Waals surface area contributed by atoms with Gasteiger partial charge in [-0.3, -0.25) is 4.79 Å². The minimum atomic E-state index is -0.170. The lowest BCUT2D eigenvalue weighted by molar-refractivity contribution is -0.134. The molecule has 4 heteroatoms. The van der Waals surface area contributed by atoms with Crippen LogP contribution in [0, 0.1) is 0 Å². The zero-order valence-electron chi connectivity index (χ0n) is 7.94. The van der Waals surface area contributed by atoms with E-state index in [1.165, 1.54) is 0 Å². The van der Waals surface area contributed by atoms with E-state index in [0.29, 0.717) is 18.8 Å². The van der Waals surface area contributed by atoms with Gasteiger partial charge in [0.25, 0.3) is 0 Å². The molecule has 0 spiro atoms. The van der Waals surface area contributed by atoms with Gasteiger partial charge in [-0.2, -0.15) is 0 Å². The van der Waals surface area contributed by atoms with Crippen molar-refractivity contribution in [1.82, 2.24) is 5.32 Å². The van der Waals surface area contributed by atoms with Gasteiger partial charge in [0, 0.05) is 19.5 Å². The second-order valence-electron chi connectivity index (χ2n) is 3.46. The van der Waals surface area contributed by atoms with Crippen LogP contribution in [-0.4, -0.2) is 31.0 Å². The second-order valence-corrected chi connectivity index (χ2v) is 3.83. The molecule has 76 valence electrons. The molecule has 1 N–H and O–H groups in total. The summed E-state index contributed by atoms with van der Waals surface area (Å²) in [5, 5.41) is 2.74. The number of rotatable bonds is 5. The summed E-state index contributed by atoms with van der Waals surface area (Å²) < 4.78 is 5.33. The van der Waals surface area contributed by atoms with Gasteiger partial charge in [-0.1, -0.05) is 0 Å². The summed E-state index contributed by atoms with van der Waals surface area (Å²) in [6, 6.07) is 0. The molecule has 0 aromatic rings. The Bertz CT molecular complexity index is 175. The van der Waals surface area contributed by atoms with E-state index >= 15 is 0 Å². The number of carbonyl (C=O) groups is 1. The van der Waals surface area contributed by atoms with Crippen molar-refractivity contribution in [3.63, 3.8) is 0 Å². The highest BCUT2D eigenvalue weighted by Gasteiger charge is 2.38. The Labute approximate surface area is 83.8 Å². The Morgan fingerprint density at radius 3 is 2.69 bits per heavy atom. The molecular weight excluding hydrogens is 190 g/mol. The monoisotopic (exact) mass is 205 g/mol. The van der Waals surface area contributed by atoms with Crippen LogP contribution < -0.4 is 5.32 Å². The first-order valence-electron chi connectivity index (χ1n) is 4.60. The van der Waals surface area contributed by atoms with E-state index in [9.17, 15) is 4.79 Å². The van der Waals surface area contributed by atoms with Gasteiger partial charge in [-0.05, 0) is 19.3 Å². The van der Waals surface area contributed by atoms with Crippen LogP contribution in [-0.2, 0) is 9.53 Å². The largest absolute Gasteiger partial charge is 0.378 e. The van der Waals surface area contributed by atoms with Gasteiger partial charge in [-0.15, -0.1) is 11.6 Å². The van der Waals surface area contributed by atoms with Crippen molar-refractivity contribution in [2.24, 2.45) is 0 Å². The molecular formula is C9H16ClNO2. The molecule has 1 fully saturated rings. The van der Waals surface area contributed by atoms with Gasteiger partial charge in [-0.25, -0.2) is 0 Å². The number of carbonyl (C=O) groups excluding carboxylic acids is 1. The molecule has 13 heavy (non-hydrogen) atoms. The summed E-state index contributed by atoms with van der Waals surface area (Å²) >= 11 is 5.45. The van der Waals surface area contributed by atoms with Gasteiger partial charge in [0.1, 0.15) is 0 Å². The number of halogens is 1. The third-order valence-corrected chi connectivity index (χ3v) is 2.79. The van der Waals surface area contributed by atoms with Gasteiger partial charge < -0.3 is 10.1 Å². The highest BCUT2D eigenvalue weighted by Crippen LogP contribution is 2.37. The molecule has 0 aromatic carbocycles. The van der Waals surface area contributed by atoms with Crippen LogP contribution in [0.2, 0.25) is 0 Å². The summed E-state index contributed by atoms with van der Waals surface area (Å²) in [4.78, 5) is 11.3. The predicted molar refractivity (Wildman–Crippen MR) is 51.9 cm³/mol. The molecule has 0 atom stereocenters. The molecule has 0 saturated heterocycles. The molecule has 0 radical (unpaired) electrons. The molecule has 0 aliphatic heterocycles. The van der Waals surface area contributed by atoms with E-state index in [1.807, 2.05) is 0 Å². The molecule has 1 aliphatic rings. The maximum Gasteiger partial charge on any atom is 0.222 e. The fraction of sp³-hybridized carbons (Fsp3) is 0.889. The molecule has 0 unspecified atom stereocenters. The Morgan fingerprint density at radius 1 is 1.62 bits per heavy atom. The quantitative estimate of drug-likeness (QED) is 0.688. The van der Waals surface area contributed by atoms with E-state index in [2.05, 4.69) is 5.32 Å². The highest BCUT2D eigenvalue weighted by atomic mass is 35.5. The fourth-order valence-electron chi connectivity index (χ4n) is 1.57. The molecule has 0 bridgehead atoms. The molecule has 1 aliphatic carbocycles. The third kappa shape index (κ3) is 2.85. The lowest BCUT2D eigenvalue weighted by atomic mass is 9.77. The number of hydrogen-bond acceptors (Lipinski definition) is 2. The van der Waals surface area contributed by atoms with Crippen LogP contribution in [0.15, 0.2) is 0 Å². The normalized spacial score (nSPS) is 19.2. The Morgan fingerprint density at radius 2 is 2.31 bits per heavy atom. The van der Waals surface area contributed by atoms with Crippen LogP contribution in [0.5, 0.6) is 0 Å². The lowest BCUT2D eigenvalue weighted by Gasteiger charge is -2.39. The first-order chi connectivity index (χ1) is 6.22. The zero-order chi connectivity index (χ0) is 9.73. The molecule has 3 nitrogen and oxygen atoms in total. The third-order valence-electron chi connectivity index (χ3n) is 2.60. The van der Waals surface area contributed by atoms with E-state index in [0.717, 1.165) is 19.3 Å². The number of hydrogen-bond donors (Lipinski definition) is 1. The van der Waals surface area contributed by atoms with Crippen LogP contribution in [0.3, 0.4) is 0 Å². The summed E-state index contributed by atoms with van der Waals surface area (Å²) in [5.41, 5.74) is -0.170. The Balaban J connectivity index is 2.25. The number of nitrogens with one attached hydrogen (secondary N) is 1.